The van der Waals surface area contributed by atoms with Crippen LogP contribution in [-0.2, 0) is 24.5 Å². The number of thiazole rings is 1. The lowest BCUT2D eigenvalue weighted by molar-refractivity contribution is 0.105. The lowest BCUT2D eigenvalue weighted by Crippen LogP contribution is -2.18. The van der Waals surface area contributed by atoms with Crippen molar-refractivity contribution in [3.05, 3.63) is 50.9 Å². The van der Waals surface area contributed by atoms with E-state index >= 15 is 0 Å². The molecule has 2 aromatic rings. The van der Waals surface area contributed by atoms with Crippen molar-refractivity contribution in [2.24, 2.45) is 5.92 Å². The first-order valence-corrected chi connectivity index (χ1v) is 8.35. The number of rotatable bonds is 8. The summed E-state index contributed by atoms with van der Waals surface area (Å²) in [7, 11) is 0. The van der Waals surface area contributed by atoms with E-state index in [1.54, 1.807) is 11.3 Å². The molecule has 21 heavy (non-hydrogen) atoms. The summed E-state index contributed by atoms with van der Waals surface area (Å²) >= 11 is 7.53. The Morgan fingerprint density at radius 3 is 2.71 bits per heavy atom. The maximum absolute atomic E-state index is 5.85. The minimum absolute atomic E-state index is 0.545. The fourth-order valence-electron chi connectivity index (χ4n) is 1.82. The number of hydrogen-bond acceptors (Lipinski definition) is 4. The van der Waals surface area contributed by atoms with Crippen LogP contribution in [0.4, 0.5) is 0 Å². The first-order chi connectivity index (χ1) is 10.1. The second kappa shape index (κ2) is 8.49. The standard InChI is InChI=1S/C16H21ClN2OS/c1-12(2)7-18-8-16-19-15(11-21-16)10-20-9-13-3-5-14(17)6-4-13/h3-6,11-12,18H,7-10H2,1-2H3. The number of aromatic nitrogens is 1. The van der Waals surface area contributed by atoms with E-state index in [9.17, 15) is 0 Å². The van der Waals surface area contributed by atoms with Crippen molar-refractivity contribution in [2.45, 2.75) is 33.6 Å². The van der Waals surface area contributed by atoms with E-state index < -0.39 is 0 Å². The van der Waals surface area contributed by atoms with E-state index in [4.69, 9.17) is 16.3 Å². The van der Waals surface area contributed by atoms with Crippen molar-refractivity contribution in [2.75, 3.05) is 6.54 Å². The molecule has 0 amide bonds. The summed E-state index contributed by atoms with van der Waals surface area (Å²) in [5.41, 5.74) is 2.11. The van der Waals surface area contributed by atoms with Crippen LogP contribution in [0.3, 0.4) is 0 Å². The van der Waals surface area contributed by atoms with Gasteiger partial charge in [0.1, 0.15) is 5.01 Å². The Kier molecular flexibility index (Phi) is 6.64. The van der Waals surface area contributed by atoms with Crippen LogP contribution < -0.4 is 5.32 Å². The van der Waals surface area contributed by atoms with Gasteiger partial charge in [-0.3, -0.25) is 0 Å². The van der Waals surface area contributed by atoms with Gasteiger partial charge in [-0.1, -0.05) is 37.6 Å². The Hall–Kier alpha value is -0.940. The summed E-state index contributed by atoms with van der Waals surface area (Å²) in [6.07, 6.45) is 0. The largest absolute Gasteiger partial charge is 0.370 e. The molecule has 5 heteroatoms. The predicted molar refractivity (Wildman–Crippen MR) is 88.6 cm³/mol. The van der Waals surface area contributed by atoms with E-state index in [-0.39, 0.29) is 0 Å². The van der Waals surface area contributed by atoms with Crippen LogP contribution in [0.25, 0.3) is 0 Å². The number of hydrogen-bond donors (Lipinski definition) is 1. The van der Waals surface area contributed by atoms with Crippen LogP contribution in [0.2, 0.25) is 5.02 Å². The van der Waals surface area contributed by atoms with Gasteiger partial charge >= 0.3 is 0 Å². The molecule has 2 rings (SSSR count). The van der Waals surface area contributed by atoms with Crippen molar-refractivity contribution >= 4 is 22.9 Å². The van der Waals surface area contributed by atoms with Gasteiger partial charge in [0.2, 0.25) is 0 Å². The Balaban J connectivity index is 1.71. The minimum Gasteiger partial charge on any atom is -0.370 e. The predicted octanol–water partition coefficient (Wildman–Crippen LogP) is 4.26. The Labute approximate surface area is 135 Å². The molecule has 1 heterocycles. The van der Waals surface area contributed by atoms with Crippen LogP contribution >= 0.6 is 22.9 Å². The van der Waals surface area contributed by atoms with E-state index in [1.165, 1.54) is 0 Å². The molecule has 0 bridgehead atoms. The molecule has 3 nitrogen and oxygen atoms in total. The van der Waals surface area contributed by atoms with Gasteiger partial charge in [-0.2, -0.15) is 0 Å². The summed E-state index contributed by atoms with van der Waals surface area (Å²) < 4.78 is 5.68. The zero-order valence-electron chi connectivity index (χ0n) is 12.4. The monoisotopic (exact) mass is 324 g/mol. The highest BCUT2D eigenvalue weighted by Crippen LogP contribution is 2.13. The van der Waals surface area contributed by atoms with Gasteiger partial charge in [-0.05, 0) is 30.2 Å². The maximum Gasteiger partial charge on any atom is 0.107 e. The molecular weight excluding hydrogens is 304 g/mol. The molecule has 0 aliphatic carbocycles. The first-order valence-electron chi connectivity index (χ1n) is 7.09. The SMILES string of the molecule is CC(C)CNCc1nc(COCc2ccc(Cl)cc2)cs1. The second-order valence-corrected chi connectivity index (χ2v) is 6.76. The molecule has 0 unspecified atom stereocenters. The molecule has 0 aliphatic heterocycles. The van der Waals surface area contributed by atoms with Gasteiger partial charge in [0.25, 0.3) is 0 Å². The fraction of sp³-hybridized carbons (Fsp3) is 0.438. The molecule has 0 spiro atoms. The van der Waals surface area contributed by atoms with Gasteiger partial charge < -0.3 is 10.1 Å². The third-order valence-electron chi connectivity index (χ3n) is 2.86. The Morgan fingerprint density at radius 1 is 1.24 bits per heavy atom. The quantitative estimate of drug-likeness (QED) is 0.788. The number of ether oxygens (including phenoxy) is 1. The van der Waals surface area contributed by atoms with E-state index in [1.807, 2.05) is 24.3 Å². The van der Waals surface area contributed by atoms with E-state index in [0.29, 0.717) is 19.1 Å². The molecule has 114 valence electrons. The first kappa shape index (κ1) is 16.4. The maximum atomic E-state index is 5.85. The molecule has 0 atom stereocenters. The zero-order valence-corrected chi connectivity index (χ0v) is 14.0. The molecule has 0 saturated carbocycles. The summed E-state index contributed by atoms with van der Waals surface area (Å²) in [5, 5.41) is 7.32. The number of nitrogens with one attached hydrogen (secondary N) is 1. The van der Waals surface area contributed by atoms with Crippen molar-refractivity contribution < 1.29 is 4.74 Å². The van der Waals surface area contributed by atoms with Crippen molar-refractivity contribution in [1.82, 2.24) is 10.3 Å². The van der Waals surface area contributed by atoms with Crippen LogP contribution in [-0.4, -0.2) is 11.5 Å². The zero-order chi connectivity index (χ0) is 15.1. The average Bonchev–Trinajstić information content (AvgIpc) is 2.88. The molecular formula is C16H21ClN2OS. The average molecular weight is 325 g/mol. The van der Waals surface area contributed by atoms with Gasteiger partial charge in [-0.15, -0.1) is 11.3 Å². The molecule has 1 aromatic heterocycles. The summed E-state index contributed by atoms with van der Waals surface area (Å²) in [5.74, 6) is 0.659. The number of halogens is 1. The molecule has 0 saturated heterocycles. The van der Waals surface area contributed by atoms with Crippen molar-refractivity contribution in [3.8, 4) is 0 Å². The summed E-state index contributed by atoms with van der Waals surface area (Å²) in [4.78, 5) is 4.56. The van der Waals surface area contributed by atoms with Crippen molar-refractivity contribution in [1.29, 1.82) is 0 Å². The molecule has 0 aliphatic rings. The van der Waals surface area contributed by atoms with Crippen LogP contribution in [0.5, 0.6) is 0 Å². The third-order valence-corrected chi connectivity index (χ3v) is 4.01. The van der Waals surface area contributed by atoms with Crippen LogP contribution in [0.1, 0.15) is 30.1 Å². The highest BCUT2D eigenvalue weighted by Gasteiger charge is 2.03. The Bertz CT molecular complexity index is 539. The van der Waals surface area contributed by atoms with Crippen molar-refractivity contribution in [3.63, 3.8) is 0 Å². The van der Waals surface area contributed by atoms with Gasteiger partial charge in [0, 0.05) is 16.9 Å². The van der Waals surface area contributed by atoms with Crippen LogP contribution in [0, 0.1) is 5.92 Å². The molecule has 0 fully saturated rings. The topological polar surface area (TPSA) is 34.2 Å². The van der Waals surface area contributed by atoms with Gasteiger partial charge in [-0.25, -0.2) is 4.98 Å². The number of benzene rings is 1. The Morgan fingerprint density at radius 2 is 2.00 bits per heavy atom. The van der Waals surface area contributed by atoms with E-state index in [0.717, 1.165) is 34.4 Å². The van der Waals surface area contributed by atoms with E-state index in [2.05, 4.69) is 29.5 Å². The summed E-state index contributed by atoms with van der Waals surface area (Å²) in [6, 6.07) is 7.71. The lowest BCUT2D eigenvalue weighted by Gasteiger charge is -2.04. The summed E-state index contributed by atoms with van der Waals surface area (Å²) in [6.45, 7) is 7.37. The molecule has 1 aromatic carbocycles. The smallest absolute Gasteiger partial charge is 0.107 e. The second-order valence-electron chi connectivity index (χ2n) is 5.38. The van der Waals surface area contributed by atoms with Gasteiger partial charge in [0.05, 0.1) is 18.9 Å². The van der Waals surface area contributed by atoms with Gasteiger partial charge in [0.15, 0.2) is 0 Å². The molecule has 0 radical (unpaired) electrons. The number of nitrogens with zero attached hydrogens (tertiary/aromatic N) is 1. The fourth-order valence-corrected chi connectivity index (χ4v) is 2.69. The van der Waals surface area contributed by atoms with Crippen LogP contribution in [0.15, 0.2) is 29.6 Å². The highest BCUT2D eigenvalue weighted by molar-refractivity contribution is 7.09. The molecule has 1 N–H and O–H groups in total. The normalized spacial score (nSPS) is 11.2. The lowest BCUT2D eigenvalue weighted by atomic mass is 10.2. The minimum atomic E-state index is 0.545. The highest BCUT2D eigenvalue weighted by atomic mass is 35.5. The third kappa shape index (κ3) is 6.14.